The predicted molar refractivity (Wildman–Crippen MR) is 153 cm³/mol. The third kappa shape index (κ3) is 5.05. The van der Waals surface area contributed by atoms with E-state index in [4.69, 9.17) is 4.74 Å². The summed E-state index contributed by atoms with van der Waals surface area (Å²) in [6.45, 7) is 9.90. The number of likely N-dealkylation sites (tertiary alicyclic amines) is 1. The number of rotatable bonds is 7. The Balaban J connectivity index is 1.62. The fourth-order valence-electron chi connectivity index (χ4n) is 6.49. The molecule has 208 valence electrons. The minimum atomic E-state index is -0.736. The number of carbonyl (C=O) groups excluding carboxylic acids is 2. The number of amides is 2. The lowest BCUT2D eigenvalue weighted by atomic mass is 9.69. The fraction of sp³-hybridized carbons (Fsp3) is 0.500. The zero-order valence-electron chi connectivity index (χ0n) is 23.8. The third-order valence-electron chi connectivity index (χ3n) is 9.11. The summed E-state index contributed by atoms with van der Waals surface area (Å²) in [6.07, 6.45) is 2.30. The first-order valence-electron chi connectivity index (χ1n) is 14.2. The van der Waals surface area contributed by atoms with E-state index in [0.29, 0.717) is 45.0 Å². The number of aromatic nitrogens is 1. The van der Waals surface area contributed by atoms with Crippen molar-refractivity contribution >= 4 is 22.7 Å². The number of hydrogen-bond acceptors (Lipinski definition) is 5. The third-order valence-corrected chi connectivity index (χ3v) is 9.11. The Morgan fingerprint density at radius 1 is 1.21 bits per heavy atom. The van der Waals surface area contributed by atoms with Gasteiger partial charge in [0.25, 0.3) is 0 Å². The quantitative estimate of drug-likeness (QED) is 0.396. The van der Waals surface area contributed by atoms with Crippen LogP contribution in [0.2, 0.25) is 0 Å². The van der Waals surface area contributed by atoms with Crippen LogP contribution in [0.25, 0.3) is 10.9 Å². The molecule has 1 saturated heterocycles. The number of aromatic hydroxyl groups is 1. The number of likely N-dealkylation sites (N-methyl/N-ethyl adjacent to an activating group) is 1. The smallest absolute Gasteiger partial charge is 0.235 e. The van der Waals surface area contributed by atoms with Crippen molar-refractivity contribution in [2.24, 2.45) is 11.3 Å². The number of nitrogens with zero attached hydrogens (tertiary/aromatic N) is 2. The van der Waals surface area contributed by atoms with Gasteiger partial charge in [-0.3, -0.25) is 14.5 Å². The fourth-order valence-corrected chi connectivity index (χ4v) is 6.49. The lowest BCUT2D eigenvalue weighted by molar-refractivity contribution is -0.151. The number of fused-ring (bicyclic) bond motifs is 4. The molecule has 0 radical (unpaired) electrons. The Labute approximate surface area is 231 Å². The summed E-state index contributed by atoms with van der Waals surface area (Å²) in [5.74, 6) is 0.863. The standard InChI is InChI=1S/C32H41N3O4/c1-6-39-24-11-12-28-26(18-24)27-19-32(4)22(17-25(30(27)33-28)21-8-7-9-23(36)16-21)10-13-29(37)35(31(32)38)15-14-34(5)20(2)3/h7-9,11-12,16,18,20,22,25,33,36H,6,10,13-15,17,19H2,1-5H3/t22?,25-,32-/m1/s1. The average molecular weight is 532 g/mol. The number of benzene rings is 2. The summed E-state index contributed by atoms with van der Waals surface area (Å²) < 4.78 is 5.84. The number of phenolic OH excluding ortho intramolecular Hbond substituents is 1. The highest BCUT2D eigenvalue weighted by Crippen LogP contribution is 2.51. The van der Waals surface area contributed by atoms with E-state index < -0.39 is 5.41 Å². The second-order valence-electron chi connectivity index (χ2n) is 11.8. The first-order valence-corrected chi connectivity index (χ1v) is 14.2. The normalized spacial score (nSPS) is 23.6. The van der Waals surface area contributed by atoms with Gasteiger partial charge in [-0.05, 0) is 94.5 Å². The first-order chi connectivity index (χ1) is 18.6. The molecule has 7 nitrogen and oxygen atoms in total. The number of hydrogen-bond donors (Lipinski definition) is 2. The number of H-pyrrole nitrogens is 1. The van der Waals surface area contributed by atoms with Crippen molar-refractivity contribution in [2.75, 3.05) is 26.7 Å². The van der Waals surface area contributed by atoms with E-state index >= 15 is 0 Å². The van der Waals surface area contributed by atoms with Crippen LogP contribution in [-0.2, 0) is 16.0 Å². The van der Waals surface area contributed by atoms with Crippen LogP contribution in [0.3, 0.4) is 0 Å². The largest absolute Gasteiger partial charge is 0.508 e. The van der Waals surface area contributed by atoms with E-state index in [1.165, 1.54) is 4.90 Å². The van der Waals surface area contributed by atoms with Crippen molar-refractivity contribution in [1.82, 2.24) is 14.8 Å². The molecule has 0 saturated carbocycles. The molecule has 2 amide bonds. The molecule has 1 aliphatic heterocycles. The maximum absolute atomic E-state index is 14.4. The Hall–Kier alpha value is -3.32. The van der Waals surface area contributed by atoms with Gasteiger partial charge in [0.2, 0.25) is 11.8 Å². The average Bonchev–Trinajstić information content (AvgIpc) is 3.14. The molecule has 1 aliphatic carbocycles. The van der Waals surface area contributed by atoms with Gasteiger partial charge in [-0.2, -0.15) is 0 Å². The molecule has 7 heteroatoms. The molecule has 0 spiro atoms. The molecule has 2 aliphatic rings. The topological polar surface area (TPSA) is 85.9 Å². The van der Waals surface area contributed by atoms with Crippen LogP contribution >= 0.6 is 0 Å². The van der Waals surface area contributed by atoms with Crippen molar-refractivity contribution in [3.8, 4) is 11.5 Å². The van der Waals surface area contributed by atoms with E-state index in [1.54, 1.807) is 6.07 Å². The van der Waals surface area contributed by atoms with Gasteiger partial charge in [-0.15, -0.1) is 0 Å². The number of nitrogens with one attached hydrogen (secondary N) is 1. The second-order valence-corrected chi connectivity index (χ2v) is 11.8. The molecule has 3 aromatic rings. The molecule has 39 heavy (non-hydrogen) atoms. The zero-order valence-corrected chi connectivity index (χ0v) is 23.8. The van der Waals surface area contributed by atoms with Crippen molar-refractivity contribution < 1.29 is 19.4 Å². The molecule has 3 atom stereocenters. The van der Waals surface area contributed by atoms with Crippen molar-refractivity contribution in [2.45, 2.75) is 65.3 Å². The van der Waals surface area contributed by atoms with Gasteiger partial charge >= 0.3 is 0 Å². The van der Waals surface area contributed by atoms with Crippen LogP contribution < -0.4 is 4.74 Å². The highest BCUT2D eigenvalue weighted by atomic mass is 16.5. The van der Waals surface area contributed by atoms with Gasteiger partial charge in [-0.25, -0.2) is 0 Å². The number of carbonyl (C=O) groups is 2. The van der Waals surface area contributed by atoms with Crippen molar-refractivity contribution in [3.05, 3.63) is 59.3 Å². The number of ether oxygens (including phenoxy) is 1. The molecule has 1 fully saturated rings. The predicted octanol–water partition coefficient (Wildman–Crippen LogP) is 5.46. The lowest BCUT2D eigenvalue weighted by Gasteiger charge is -2.37. The van der Waals surface area contributed by atoms with Gasteiger partial charge in [0.1, 0.15) is 11.5 Å². The Morgan fingerprint density at radius 3 is 2.72 bits per heavy atom. The van der Waals surface area contributed by atoms with Crippen LogP contribution in [0.5, 0.6) is 11.5 Å². The van der Waals surface area contributed by atoms with Gasteiger partial charge in [-0.1, -0.05) is 19.1 Å². The number of phenols is 1. The van der Waals surface area contributed by atoms with Gasteiger partial charge in [0, 0.05) is 48.1 Å². The summed E-state index contributed by atoms with van der Waals surface area (Å²) >= 11 is 0. The molecule has 2 aromatic carbocycles. The van der Waals surface area contributed by atoms with Crippen LogP contribution in [0, 0.1) is 11.3 Å². The summed E-state index contributed by atoms with van der Waals surface area (Å²) in [7, 11) is 2.03. The van der Waals surface area contributed by atoms with Crippen LogP contribution in [-0.4, -0.2) is 64.5 Å². The first kappa shape index (κ1) is 27.3. The molecule has 2 N–H and O–H groups in total. The summed E-state index contributed by atoms with van der Waals surface area (Å²) in [5.41, 5.74) is 3.47. The van der Waals surface area contributed by atoms with Crippen molar-refractivity contribution in [1.29, 1.82) is 0 Å². The minimum Gasteiger partial charge on any atom is -0.508 e. The number of aromatic amines is 1. The van der Waals surface area contributed by atoms with Crippen LogP contribution in [0.15, 0.2) is 42.5 Å². The Kier molecular flexibility index (Phi) is 7.47. The van der Waals surface area contributed by atoms with Gasteiger partial charge < -0.3 is 19.7 Å². The van der Waals surface area contributed by atoms with E-state index in [1.807, 2.05) is 44.3 Å². The Bertz CT molecular complexity index is 1380. The summed E-state index contributed by atoms with van der Waals surface area (Å²) in [4.78, 5) is 35.1. The van der Waals surface area contributed by atoms with Gasteiger partial charge in [0.05, 0.1) is 12.0 Å². The molecular formula is C32H41N3O4. The number of imide groups is 1. The molecule has 0 bridgehead atoms. The Morgan fingerprint density at radius 2 is 2.00 bits per heavy atom. The monoisotopic (exact) mass is 531 g/mol. The molecular weight excluding hydrogens is 490 g/mol. The lowest BCUT2D eigenvalue weighted by Crippen LogP contribution is -2.49. The van der Waals surface area contributed by atoms with Crippen LogP contribution in [0.4, 0.5) is 0 Å². The molecule has 2 heterocycles. The second kappa shape index (κ2) is 10.7. The van der Waals surface area contributed by atoms with Crippen LogP contribution in [0.1, 0.15) is 69.7 Å². The van der Waals surface area contributed by atoms with Crippen molar-refractivity contribution in [3.63, 3.8) is 0 Å². The zero-order chi connectivity index (χ0) is 27.9. The highest BCUT2D eigenvalue weighted by molar-refractivity contribution is 6.00. The summed E-state index contributed by atoms with van der Waals surface area (Å²) in [6, 6.07) is 13.8. The maximum Gasteiger partial charge on any atom is 0.235 e. The molecule has 1 aromatic heterocycles. The highest BCUT2D eigenvalue weighted by Gasteiger charge is 2.50. The van der Waals surface area contributed by atoms with E-state index in [9.17, 15) is 14.7 Å². The van der Waals surface area contributed by atoms with Gasteiger partial charge in [0.15, 0.2) is 0 Å². The van der Waals surface area contributed by atoms with E-state index in [2.05, 4.69) is 36.7 Å². The van der Waals surface area contributed by atoms with E-state index in [0.717, 1.165) is 39.9 Å². The van der Waals surface area contributed by atoms with E-state index in [-0.39, 0.29) is 29.4 Å². The molecule has 5 rings (SSSR count). The maximum atomic E-state index is 14.4. The molecule has 1 unspecified atom stereocenters. The summed E-state index contributed by atoms with van der Waals surface area (Å²) in [5, 5.41) is 11.4. The SMILES string of the molecule is CCOc1ccc2[nH]c3c(c2c1)C[C@@]1(C)C(=O)N(CCN(C)C(C)C)C(=O)CCC1C[C@@H]3c1cccc(O)c1. The minimum absolute atomic E-state index is 0.0139.